The summed E-state index contributed by atoms with van der Waals surface area (Å²) in [5.41, 5.74) is 5.84. The second-order valence-corrected chi connectivity index (χ2v) is 4.31. The summed E-state index contributed by atoms with van der Waals surface area (Å²) in [6, 6.07) is 6.49. The van der Waals surface area contributed by atoms with Crippen LogP contribution in [0.3, 0.4) is 0 Å². The predicted molar refractivity (Wildman–Crippen MR) is 71.1 cm³/mol. The Morgan fingerprint density at radius 1 is 1.35 bits per heavy atom. The Labute approximate surface area is 115 Å². The van der Waals surface area contributed by atoms with Crippen LogP contribution in [0, 0.1) is 0 Å². The van der Waals surface area contributed by atoms with Crippen LogP contribution in [0.4, 0.5) is 10.5 Å². The number of carbonyl (C=O) groups excluding carboxylic acids is 3. The van der Waals surface area contributed by atoms with Gasteiger partial charge in [-0.2, -0.15) is 0 Å². The highest BCUT2D eigenvalue weighted by Crippen LogP contribution is 2.14. The molecule has 0 spiro atoms. The Morgan fingerprint density at radius 2 is 2.10 bits per heavy atom. The van der Waals surface area contributed by atoms with Crippen molar-refractivity contribution in [3.63, 3.8) is 0 Å². The highest BCUT2D eigenvalue weighted by Gasteiger charge is 2.22. The van der Waals surface area contributed by atoms with Crippen molar-refractivity contribution in [3.05, 3.63) is 29.8 Å². The molecular weight excluding hydrogens is 262 g/mol. The summed E-state index contributed by atoms with van der Waals surface area (Å²) in [7, 11) is 0. The van der Waals surface area contributed by atoms with Crippen LogP contribution in [0.2, 0.25) is 0 Å². The first-order chi connectivity index (χ1) is 9.58. The summed E-state index contributed by atoms with van der Waals surface area (Å²) in [5, 5.41) is 2.61. The summed E-state index contributed by atoms with van der Waals surface area (Å²) < 4.78 is 4.76. The molecule has 20 heavy (non-hydrogen) atoms. The van der Waals surface area contributed by atoms with E-state index in [-0.39, 0.29) is 24.4 Å². The van der Waals surface area contributed by atoms with Crippen LogP contribution in [0.15, 0.2) is 24.3 Å². The van der Waals surface area contributed by atoms with Crippen LogP contribution in [0.1, 0.15) is 16.8 Å². The maximum Gasteiger partial charge on any atom is 0.409 e. The van der Waals surface area contributed by atoms with Crippen molar-refractivity contribution in [1.29, 1.82) is 0 Å². The molecule has 0 atom stereocenters. The number of cyclic esters (lactones) is 1. The summed E-state index contributed by atoms with van der Waals surface area (Å²) >= 11 is 0. The molecule has 1 heterocycles. The van der Waals surface area contributed by atoms with Gasteiger partial charge in [0.25, 0.3) is 5.91 Å². The molecule has 1 aliphatic heterocycles. The van der Waals surface area contributed by atoms with E-state index in [1.54, 1.807) is 18.2 Å². The maximum atomic E-state index is 11.8. The number of carbonyl (C=O) groups is 3. The Bertz CT molecular complexity index is 544. The van der Waals surface area contributed by atoms with Crippen molar-refractivity contribution < 1.29 is 19.1 Å². The molecule has 7 nitrogen and oxygen atoms in total. The monoisotopic (exact) mass is 277 g/mol. The number of amides is 3. The number of anilines is 1. The fourth-order valence-corrected chi connectivity index (χ4v) is 1.89. The van der Waals surface area contributed by atoms with Crippen molar-refractivity contribution in [2.24, 2.45) is 5.73 Å². The van der Waals surface area contributed by atoms with E-state index in [2.05, 4.69) is 5.32 Å². The van der Waals surface area contributed by atoms with Gasteiger partial charge in [-0.05, 0) is 12.1 Å². The first-order valence-corrected chi connectivity index (χ1v) is 6.18. The number of nitrogens with zero attached hydrogens (tertiary/aromatic N) is 1. The minimum absolute atomic E-state index is 0.127. The minimum atomic E-state index is -0.607. The lowest BCUT2D eigenvalue weighted by Crippen LogP contribution is -2.28. The van der Waals surface area contributed by atoms with Crippen LogP contribution in [0.5, 0.6) is 0 Å². The van der Waals surface area contributed by atoms with Gasteiger partial charge in [0.1, 0.15) is 6.61 Å². The molecule has 0 aliphatic carbocycles. The van der Waals surface area contributed by atoms with Gasteiger partial charge in [-0.25, -0.2) is 4.79 Å². The molecule has 0 saturated carbocycles. The Hall–Kier alpha value is -2.57. The molecule has 1 fully saturated rings. The highest BCUT2D eigenvalue weighted by atomic mass is 16.6. The van der Waals surface area contributed by atoms with Crippen LogP contribution < -0.4 is 11.1 Å². The van der Waals surface area contributed by atoms with E-state index in [9.17, 15) is 14.4 Å². The van der Waals surface area contributed by atoms with Crippen LogP contribution in [0.25, 0.3) is 0 Å². The number of primary amides is 1. The second-order valence-electron chi connectivity index (χ2n) is 4.31. The minimum Gasteiger partial charge on any atom is -0.448 e. The number of hydrogen-bond donors (Lipinski definition) is 2. The van der Waals surface area contributed by atoms with Crippen molar-refractivity contribution in [1.82, 2.24) is 4.90 Å². The summed E-state index contributed by atoms with van der Waals surface area (Å²) in [6.45, 7) is 1.12. The molecule has 0 bridgehead atoms. The average molecular weight is 277 g/mol. The van der Waals surface area contributed by atoms with Gasteiger partial charge in [0.15, 0.2) is 0 Å². The Morgan fingerprint density at radius 3 is 2.75 bits per heavy atom. The van der Waals surface area contributed by atoms with Gasteiger partial charge in [-0.3, -0.25) is 9.59 Å². The zero-order valence-electron chi connectivity index (χ0n) is 10.8. The van der Waals surface area contributed by atoms with Crippen molar-refractivity contribution in [3.8, 4) is 0 Å². The van der Waals surface area contributed by atoms with E-state index in [0.717, 1.165) is 0 Å². The quantitative estimate of drug-likeness (QED) is 0.821. The molecule has 7 heteroatoms. The fourth-order valence-electron chi connectivity index (χ4n) is 1.89. The fraction of sp³-hybridized carbons (Fsp3) is 0.308. The van der Waals surface area contributed by atoms with Crippen LogP contribution in [-0.4, -0.2) is 42.5 Å². The van der Waals surface area contributed by atoms with Crippen LogP contribution in [-0.2, 0) is 9.53 Å². The molecule has 2 rings (SSSR count). The molecule has 3 N–H and O–H groups in total. The maximum absolute atomic E-state index is 11.8. The first kappa shape index (κ1) is 13.9. The van der Waals surface area contributed by atoms with Gasteiger partial charge in [-0.15, -0.1) is 0 Å². The lowest BCUT2D eigenvalue weighted by Gasteiger charge is -2.13. The van der Waals surface area contributed by atoms with E-state index in [0.29, 0.717) is 18.8 Å². The molecular formula is C13H15N3O4. The summed E-state index contributed by atoms with van der Waals surface area (Å²) in [4.78, 5) is 35.7. The van der Waals surface area contributed by atoms with E-state index in [4.69, 9.17) is 10.5 Å². The van der Waals surface area contributed by atoms with Gasteiger partial charge >= 0.3 is 6.09 Å². The number of hydrogen-bond acceptors (Lipinski definition) is 4. The normalized spacial score (nSPS) is 14.0. The van der Waals surface area contributed by atoms with Gasteiger partial charge < -0.3 is 20.7 Å². The molecule has 0 aromatic heterocycles. The molecule has 106 valence electrons. The lowest BCUT2D eigenvalue weighted by atomic mass is 10.1. The Kier molecular flexibility index (Phi) is 4.19. The van der Waals surface area contributed by atoms with Crippen molar-refractivity contribution in [2.75, 3.05) is 25.0 Å². The largest absolute Gasteiger partial charge is 0.448 e. The van der Waals surface area contributed by atoms with Crippen molar-refractivity contribution in [2.45, 2.75) is 6.42 Å². The number of benzene rings is 1. The van der Waals surface area contributed by atoms with E-state index < -0.39 is 12.0 Å². The molecule has 0 unspecified atom stereocenters. The molecule has 1 saturated heterocycles. The third-order valence-electron chi connectivity index (χ3n) is 2.92. The smallest absolute Gasteiger partial charge is 0.409 e. The van der Waals surface area contributed by atoms with Crippen LogP contribution >= 0.6 is 0 Å². The van der Waals surface area contributed by atoms with Gasteiger partial charge in [0, 0.05) is 13.0 Å². The molecule has 1 aromatic carbocycles. The number of para-hydroxylation sites is 1. The molecule has 3 amide bonds. The molecule has 1 aromatic rings. The average Bonchev–Trinajstić information content (AvgIpc) is 2.82. The number of rotatable bonds is 5. The zero-order chi connectivity index (χ0) is 14.5. The molecule has 0 radical (unpaired) electrons. The number of nitrogens with two attached hydrogens (primary N) is 1. The summed E-state index contributed by atoms with van der Waals surface area (Å²) in [5.74, 6) is -0.901. The van der Waals surface area contributed by atoms with Crippen molar-refractivity contribution >= 4 is 23.6 Å². The van der Waals surface area contributed by atoms with Gasteiger partial charge in [0.2, 0.25) is 5.91 Å². The second kappa shape index (κ2) is 6.05. The zero-order valence-corrected chi connectivity index (χ0v) is 10.8. The third-order valence-corrected chi connectivity index (χ3v) is 2.92. The standard InChI is InChI=1S/C13H15N3O4/c14-12(18)9-3-1-2-4-10(9)15-11(17)5-6-16-7-8-20-13(16)19/h1-4H,5-8H2,(H2,14,18)(H,15,17). The Balaban J connectivity index is 1.91. The highest BCUT2D eigenvalue weighted by molar-refractivity contribution is 6.03. The van der Waals surface area contributed by atoms with E-state index in [1.807, 2.05) is 0 Å². The number of nitrogens with one attached hydrogen (secondary N) is 1. The van der Waals surface area contributed by atoms with Gasteiger partial charge in [-0.1, -0.05) is 12.1 Å². The topological polar surface area (TPSA) is 102 Å². The first-order valence-electron chi connectivity index (χ1n) is 6.18. The lowest BCUT2D eigenvalue weighted by molar-refractivity contribution is -0.116. The van der Waals surface area contributed by atoms with Gasteiger partial charge in [0.05, 0.1) is 17.8 Å². The number of ether oxygens (including phenoxy) is 1. The van der Waals surface area contributed by atoms with E-state index >= 15 is 0 Å². The summed E-state index contributed by atoms with van der Waals surface area (Å²) in [6.07, 6.45) is -0.280. The third kappa shape index (κ3) is 3.25. The van der Waals surface area contributed by atoms with E-state index in [1.165, 1.54) is 11.0 Å². The SMILES string of the molecule is NC(=O)c1ccccc1NC(=O)CCN1CCOC1=O. The molecule has 1 aliphatic rings. The predicted octanol–water partition coefficient (Wildman–Crippen LogP) is 0.566.